The summed E-state index contributed by atoms with van der Waals surface area (Å²) in [6.07, 6.45) is 8.87. The Hall–Kier alpha value is -0.850. The van der Waals surface area contributed by atoms with E-state index in [1.165, 1.54) is 11.3 Å². The van der Waals surface area contributed by atoms with E-state index in [4.69, 9.17) is 4.99 Å². The van der Waals surface area contributed by atoms with Crippen molar-refractivity contribution >= 4 is 5.71 Å². The predicted octanol–water partition coefficient (Wildman–Crippen LogP) is 4.79. The van der Waals surface area contributed by atoms with Crippen LogP contribution in [0.15, 0.2) is 28.8 Å². The van der Waals surface area contributed by atoms with Gasteiger partial charge in [-0.25, -0.2) is 0 Å². The second-order valence-corrected chi connectivity index (χ2v) is 4.55. The summed E-state index contributed by atoms with van der Waals surface area (Å²) in [5.74, 6) is 0.529. The van der Waals surface area contributed by atoms with Crippen LogP contribution in [0.3, 0.4) is 0 Å². The van der Waals surface area contributed by atoms with Gasteiger partial charge in [0.2, 0.25) is 0 Å². The molecule has 92 valence electrons. The van der Waals surface area contributed by atoms with Crippen molar-refractivity contribution in [3.63, 3.8) is 0 Å². The molecule has 0 amide bonds. The summed E-state index contributed by atoms with van der Waals surface area (Å²) in [6, 6.07) is 0.311. The molecule has 0 N–H and O–H groups in total. The molecule has 0 aromatic heterocycles. The van der Waals surface area contributed by atoms with E-state index in [2.05, 4.69) is 59.8 Å². The minimum Gasteiger partial charge on any atom is -0.286 e. The first-order valence-electron chi connectivity index (χ1n) is 6.36. The molecule has 0 aromatic carbocycles. The minimum atomic E-state index is 0.311. The standard InChI is InChI=1S/C15H27N/c1-7-10-14(9-3)15(11-12(4)5)16-13(6)8-2/h7,10-11,14-15H,8-9H2,1-6H3/b10-7-,16-13?. The quantitative estimate of drug-likeness (QED) is 0.451. The van der Waals surface area contributed by atoms with Crippen LogP contribution in [0.1, 0.15) is 54.4 Å². The van der Waals surface area contributed by atoms with Crippen molar-refractivity contribution in [1.29, 1.82) is 0 Å². The van der Waals surface area contributed by atoms with Crippen LogP contribution in [0.25, 0.3) is 0 Å². The highest BCUT2D eigenvalue weighted by molar-refractivity contribution is 5.81. The van der Waals surface area contributed by atoms with Gasteiger partial charge in [0.05, 0.1) is 6.04 Å². The van der Waals surface area contributed by atoms with Gasteiger partial charge in [0.15, 0.2) is 0 Å². The molecule has 0 saturated carbocycles. The molecular weight excluding hydrogens is 194 g/mol. The van der Waals surface area contributed by atoms with Crippen molar-refractivity contribution in [3.05, 3.63) is 23.8 Å². The lowest BCUT2D eigenvalue weighted by Gasteiger charge is -2.18. The first-order valence-corrected chi connectivity index (χ1v) is 6.36. The van der Waals surface area contributed by atoms with Gasteiger partial charge < -0.3 is 0 Å². The predicted molar refractivity (Wildman–Crippen MR) is 75.2 cm³/mol. The Kier molecular flexibility index (Phi) is 7.88. The van der Waals surface area contributed by atoms with Crippen molar-refractivity contribution in [2.24, 2.45) is 10.9 Å². The minimum absolute atomic E-state index is 0.311. The fraction of sp³-hybridized carbons (Fsp3) is 0.667. The Morgan fingerprint density at radius 1 is 1.19 bits per heavy atom. The molecule has 0 spiro atoms. The number of hydrogen-bond acceptors (Lipinski definition) is 1. The zero-order chi connectivity index (χ0) is 12.6. The van der Waals surface area contributed by atoms with Gasteiger partial charge in [-0.1, -0.05) is 37.6 Å². The first-order chi connectivity index (χ1) is 7.54. The van der Waals surface area contributed by atoms with Crippen LogP contribution >= 0.6 is 0 Å². The summed E-state index contributed by atoms with van der Waals surface area (Å²) in [6.45, 7) is 12.9. The average Bonchev–Trinajstić information content (AvgIpc) is 2.24. The molecule has 0 saturated heterocycles. The molecule has 2 unspecified atom stereocenters. The highest BCUT2D eigenvalue weighted by Gasteiger charge is 2.13. The van der Waals surface area contributed by atoms with E-state index in [-0.39, 0.29) is 0 Å². The molecule has 1 nitrogen and oxygen atoms in total. The fourth-order valence-electron chi connectivity index (χ4n) is 1.68. The normalized spacial score (nSPS) is 16.2. The molecule has 0 heterocycles. The van der Waals surface area contributed by atoms with E-state index in [0.717, 1.165) is 12.8 Å². The van der Waals surface area contributed by atoms with E-state index >= 15 is 0 Å². The van der Waals surface area contributed by atoms with Gasteiger partial charge >= 0.3 is 0 Å². The van der Waals surface area contributed by atoms with Crippen LogP contribution in [0.4, 0.5) is 0 Å². The van der Waals surface area contributed by atoms with Gasteiger partial charge in [0.25, 0.3) is 0 Å². The summed E-state index contributed by atoms with van der Waals surface area (Å²) in [5.41, 5.74) is 2.59. The largest absolute Gasteiger partial charge is 0.286 e. The lowest BCUT2D eigenvalue weighted by Crippen LogP contribution is -2.16. The highest BCUT2D eigenvalue weighted by atomic mass is 14.8. The molecule has 0 radical (unpaired) electrons. The number of aliphatic imine (C=N–C) groups is 1. The topological polar surface area (TPSA) is 12.4 Å². The maximum absolute atomic E-state index is 4.81. The van der Waals surface area contributed by atoms with Crippen LogP contribution < -0.4 is 0 Å². The maximum Gasteiger partial charge on any atom is 0.0743 e. The number of nitrogens with zero attached hydrogens (tertiary/aromatic N) is 1. The average molecular weight is 221 g/mol. The van der Waals surface area contributed by atoms with Crippen molar-refractivity contribution in [1.82, 2.24) is 0 Å². The van der Waals surface area contributed by atoms with Gasteiger partial charge in [-0.05, 0) is 40.5 Å². The number of rotatable bonds is 6. The van der Waals surface area contributed by atoms with Gasteiger partial charge in [-0.2, -0.15) is 0 Å². The van der Waals surface area contributed by atoms with Crippen LogP contribution in [0.5, 0.6) is 0 Å². The summed E-state index contributed by atoms with van der Waals surface area (Å²) < 4.78 is 0. The van der Waals surface area contributed by atoms with Crippen molar-refractivity contribution in [2.75, 3.05) is 0 Å². The maximum atomic E-state index is 4.81. The molecule has 16 heavy (non-hydrogen) atoms. The molecule has 2 atom stereocenters. The second-order valence-electron chi connectivity index (χ2n) is 4.55. The van der Waals surface area contributed by atoms with E-state index < -0.39 is 0 Å². The molecule has 0 rings (SSSR count). The van der Waals surface area contributed by atoms with E-state index in [0.29, 0.717) is 12.0 Å². The fourth-order valence-corrected chi connectivity index (χ4v) is 1.68. The van der Waals surface area contributed by atoms with Gasteiger partial charge in [0, 0.05) is 11.6 Å². The summed E-state index contributed by atoms with van der Waals surface area (Å²) >= 11 is 0. The van der Waals surface area contributed by atoms with E-state index in [9.17, 15) is 0 Å². The first kappa shape index (κ1) is 15.2. The molecule has 0 aliphatic carbocycles. The number of hydrogen-bond donors (Lipinski definition) is 0. The van der Waals surface area contributed by atoms with Crippen LogP contribution in [-0.4, -0.2) is 11.8 Å². The third-order valence-electron chi connectivity index (χ3n) is 2.73. The Bertz CT molecular complexity index is 267. The third-order valence-corrected chi connectivity index (χ3v) is 2.73. The summed E-state index contributed by atoms with van der Waals surface area (Å²) in [4.78, 5) is 4.81. The zero-order valence-corrected chi connectivity index (χ0v) is 11.7. The SMILES string of the molecule is C/C=C\C(CC)C(C=C(C)C)N=C(C)CC. The highest BCUT2D eigenvalue weighted by Crippen LogP contribution is 2.17. The molecule has 1 heteroatoms. The Balaban J connectivity index is 4.98. The molecule has 0 fully saturated rings. The molecular formula is C15H27N. The lowest BCUT2D eigenvalue weighted by atomic mass is 9.95. The third kappa shape index (κ3) is 5.89. The van der Waals surface area contributed by atoms with Crippen molar-refractivity contribution in [2.45, 2.75) is 60.4 Å². The molecule has 0 bridgehead atoms. The molecule has 0 aliphatic heterocycles. The lowest BCUT2D eigenvalue weighted by molar-refractivity contribution is 0.556. The van der Waals surface area contributed by atoms with Gasteiger partial charge in [0.1, 0.15) is 0 Å². The van der Waals surface area contributed by atoms with E-state index in [1.54, 1.807) is 0 Å². The Morgan fingerprint density at radius 2 is 1.81 bits per heavy atom. The second kappa shape index (κ2) is 8.32. The smallest absolute Gasteiger partial charge is 0.0743 e. The Morgan fingerprint density at radius 3 is 2.19 bits per heavy atom. The number of allylic oxidation sites excluding steroid dienone is 2. The van der Waals surface area contributed by atoms with E-state index in [1.807, 2.05) is 0 Å². The monoisotopic (exact) mass is 221 g/mol. The van der Waals surface area contributed by atoms with Crippen molar-refractivity contribution < 1.29 is 0 Å². The van der Waals surface area contributed by atoms with Crippen LogP contribution in [0, 0.1) is 5.92 Å². The van der Waals surface area contributed by atoms with Crippen LogP contribution in [-0.2, 0) is 0 Å². The van der Waals surface area contributed by atoms with Gasteiger partial charge in [-0.3, -0.25) is 4.99 Å². The van der Waals surface area contributed by atoms with Crippen molar-refractivity contribution in [3.8, 4) is 0 Å². The molecule has 0 aliphatic rings. The Labute approximate surface area is 101 Å². The zero-order valence-electron chi connectivity index (χ0n) is 11.7. The van der Waals surface area contributed by atoms with Gasteiger partial charge in [-0.15, -0.1) is 0 Å². The molecule has 0 aromatic rings. The summed E-state index contributed by atoms with van der Waals surface area (Å²) in [7, 11) is 0. The van der Waals surface area contributed by atoms with Crippen LogP contribution in [0.2, 0.25) is 0 Å². The summed E-state index contributed by atoms with van der Waals surface area (Å²) in [5, 5.41) is 0.